The van der Waals surface area contributed by atoms with E-state index in [1.165, 1.54) is 0 Å². The summed E-state index contributed by atoms with van der Waals surface area (Å²) in [6.07, 6.45) is 2.87. The average Bonchev–Trinajstić information content (AvgIpc) is 3.02. The summed E-state index contributed by atoms with van der Waals surface area (Å²) in [7, 11) is 0. The summed E-state index contributed by atoms with van der Waals surface area (Å²) in [5.41, 5.74) is 2.14. The minimum absolute atomic E-state index is 0.0982. The summed E-state index contributed by atoms with van der Waals surface area (Å²) in [6.45, 7) is 7.89. The fourth-order valence-electron chi connectivity index (χ4n) is 2.19. The number of aromatic nitrogens is 2. The van der Waals surface area contributed by atoms with Gasteiger partial charge in [-0.1, -0.05) is 6.07 Å². The van der Waals surface area contributed by atoms with Crippen LogP contribution < -0.4 is 16.0 Å². The first kappa shape index (κ1) is 19.8. The lowest BCUT2D eigenvalue weighted by Gasteiger charge is -2.10. The lowest BCUT2D eigenvalue weighted by molar-refractivity contribution is -0.116. The van der Waals surface area contributed by atoms with Crippen molar-refractivity contribution in [1.82, 2.24) is 20.6 Å². The number of aliphatic imine (C=N–C) groups is 1. The third kappa shape index (κ3) is 7.18. The Balaban J connectivity index is 1.74. The van der Waals surface area contributed by atoms with Crippen molar-refractivity contribution in [2.24, 2.45) is 4.99 Å². The molecule has 0 atom stereocenters. The molecule has 0 fully saturated rings. The van der Waals surface area contributed by atoms with Crippen LogP contribution in [0.15, 0.2) is 28.7 Å². The molecular weight excluding hydrogens is 348 g/mol. The quantitative estimate of drug-likeness (QED) is 0.487. The number of aryl methyl sites for hydroxylation is 2. The van der Waals surface area contributed by atoms with Gasteiger partial charge in [0.05, 0.1) is 17.2 Å². The monoisotopic (exact) mass is 374 g/mol. The lowest BCUT2D eigenvalue weighted by Crippen LogP contribution is -2.38. The van der Waals surface area contributed by atoms with E-state index in [1.807, 2.05) is 26.8 Å². The molecular formula is C18H26N6OS. The lowest BCUT2D eigenvalue weighted by atomic mass is 10.3. The highest BCUT2D eigenvalue weighted by Crippen LogP contribution is 2.07. The summed E-state index contributed by atoms with van der Waals surface area (Å²) in [5, 5.41) is 12.4. The zero-order valence-corrected chi connectivity index (χ0v) is 16.3. The van der Waals surface area contributed by atoms with Gasteiger partial charge in [-0.15, -0.1) is 11.3 Å². The highest BCUT2D eigenvalue weighted by molar-refractivity contribution is 7.09. The largest absolute Gasteiger partial charge is 0.357 e. The minimum Gasteiger partial charge on any atom is -0.357 e. The van der Waals surface area contributed by atoms with E-state index in [0.717, 1.165) is 35.8 Å². The maximum Gasteiger partial charge on any atom is 0.227 e. The number of amides is 1. The second-order valence-electron chi connectivity index (χ2n) is 5.81. The number of hydrogen-bond donors (Lipinski definition) is 3. The van der Waals surface area contributed by atoms with Crippen molar-refractivity contribution in [1.29, 1.82) is 0 Å². The van der Waals surface area contributed by atoms with Crippen LogP contribution in [0.25, 0.3) is 0 Å². The van der Waals surface area contributed by atoms with E-state index in [2.05, 4.69) is 36.3 Å². The van der Waals surface area contributed by atoms with Crippen LogP contribution in [0, 0.1) is 13.8 Å². The summed E-state index contributed by atoms with van der Waals surface area (Å²) in [6, 6.07) is 3.71. The van der Waals surface area contributed by atoms with Crippen LogP contribution in [-0.2, 0) is 11.2 Å². The second kappa shape index (κ2) is 10.5. The molecule has 0 radical (unpaired) electrons. The van der Waals surface area contributed by atoms with Gasteiger partial charge in [-0.05, 0) is 32.4 Å². The number of guanidine groups is 1. The van der Waals surface area contributed by atoms with Gasteiger partial charge < -0.3 is 16.0 Å². The van der Waals surface area contributed by atoms with Crippen molar-refractivity contribution in [3.05, 3.63) is 40.0 Å². The summed E-state index contributed by atoms with van der Waals surface area (Å²) < 4.78 is 0. The molecule has 0 aliphatic heterocycles. The summed E-state index contributed by atoms with van der Waals surface area (Å²) in [4.78, 5) is 25.0. The molecule has 2 aromatic rings. The first-order chi connectivity index (χ1) is 12.6. The van der Waals surface area contributed by atoms with E-state index in [4.69, 9.17) is 0 Å². The van der Waals surface area contributed by atoms with Crippen molar-refractivity contribution in [3.63, 3.8) is 0 Å². The van der Waals surface area contributed by atoms with Crippen molar-refractivity contribution >= 4 is 29.0 Å². The van der Waals surface area contributed by atoms with Crippen LogP contribution in [-0.4, -0.2) is 41.5 Å². The predicted molar refractivity (Wildman–Crippen MR) is 107 cm³/mol. The molecule has 8 heteroatoms. The van der Waals surface area contributed by atoms with E-state index >= 15 is 0 Å². The first-order valence-corrected chi connectivity index (χ1v) is 9.60. The van der Waals surface area contributed by atoms with Crippen molar-refractivity contribution in [2.45, 2.75) is 33.6 Å². The Morgan fingerprint density at radius 3 is 2.77 bits per heavy atom. The van der Waals surface area contributed by atoms with Crippen molar-refractivity contribution < 1.29 is 4.79 Å². The molecule has 0 spiro atoms. The van der Waals surface area contributed by atoms with E-state index in [0.29, 0.717) is 24.7 Å². The topological polar surface area (TPSA) is 91.3 Å². The molecule has 7 nitrogen and oxygen atoms in total. The highest BCUT2D eigenvalue weighted by atomic mass is 32.1. The number of carbonyl (C=O) groups is 1. The number of nitrogens with zero attached hydrogens (tertiary/aromatic N) is 3. The normalized spacial score (nSPS) is 11.3. The smallest absolute Gasteiger partial charge is 0.227 e. The molecule has 26 heavy (non-hydrogen) atoms. The van der Waals surface area contributed by atoms with E-state index in [9.17, 15) is 4.79 Å². The number of carbonyl (C=O) groups excluding carboxylic acids is 1. The molecule has 0 aromatic carbocycles. The number of anilines is 1. The Hall–Kier alpha value is -2.48. The van der Waals surface area contributed by atoms with Crippen LogP contribution in [0.5, 0.6) is 0 Å². The number of thiazole rings is 1. The molecule has 2 aromatic heterocycles. The fraction of sp³-hybridized carbons (Fsp3) is 0.444. The van der Waals surface area contributed by atoms with E-state index in [-0.39, 0.29) is 5.91 Å². The van der Waals surface area contributed by atoms with Crippen molar-refractivity contribution in [2.75, 3.05) is 25.0 Å². The number of pyridine rings is 1. The molecule has 0 unspecified atom stereocenters. The molecule has 0 aliphatic rings. The van der Waals surface area contributed by atoms with Crippen LogP contribution in [0.3, 0.4) is 0 Å². The Morgan fingerprint density at radius 1 is 1.27 bits per heavy atom. The summed E-state index contributed by atoms with van der Waals surface area (Å²) >= 11 is 1.66. The Labute approximate surface area is 158 Å². The van der Waals surface area contributed by atoms with Crippen LogP contribution in [0.1, 0.15) is 29.6 Å². The molecule has 0 aliphatic carbocycles. The highest BCUT2D eigenvalue weighted by Gasteiger charge is 2.04. The van der Waals surface area contributed by atoms with Gasteiger partial charge in [0, 0.05) is 37.5 Å². The van der Waals surface area contributed by atoms with Gasteiger partial charge in [0.2, 0.25) is 5.91 Å². The fourth-order valence-corrected chi connectivity index (χ4v) is 2.84. The van der Waals surface area contributed by atoms with Gasteiger partial charge in [0.1, 0.15) is 5.82 Å². The van der Waals surface area contributed by atoms with E-state index in [1.54, 1.807) is 23.6 Å². The zero-order chi connectivity index (χ0) is 18.8. The van der Waals surface area contributed by atoms with Crippen molar-refractivity contribution in [3.8, 4) is 0 Å². The van der Waals surface area contributed by atoms with Gasteiger partial charge in [-0.3, -0.25) is 9.79 Å². The zero-order valence-electron chi connectivity index (χ0n) is 15.5. The standard InChI is InChI=1S/C18H26N6OS/c1-4-19-18(20-9-7-15-12-26-14(3)23-15)21-10-8-17(25)24-16-6-5-13(2)11-22-16/h5-6,11-12H,4,7-10H2,1-3H3,(H2,19,20,21)(H,22,24,25). The first-order valence-electron chi connectivity index (χ1n) is 8.72. The molecule has 0 saturated heterocycles. The second-order valence-corrected chi connectivity index (χ2v) is 6.88. The molecule has 2 rings (SSSR count). The Kier molecular flexibility index (Phi) is 8.01. The summed E-state index contributed by atoms with van der Waals surface area (Å²) in [5.74, 6) is 1.17. The molecule has 1 amide bonds. The molecule has 0 saturated carbocycles. The Bertz CT molecular complexity index is 726. The molecule has 0 bridgehead atoms. The number of nitrogens with one attached hydrogen (secondary N) is 3. The van der Waals surface area contributed by atoms with Crippen LogP contribution in [0.4, 0.5) is 5.82 Å². The average molecular weight is 375 g/mol. The third-order valence-electron chi connectivity index (χ3n) is 3.47. The van der Waals surface area contributed by atoms with Gasteiger partial charge in [0.25, 0.3) is 0 Å². The molecule has 140 valence electrons. The van der Waals surface area contributed by atoms with E-state index < -0.39 is 0 Å². The SMILES string of the molecule is CCNC(=NCCC(=O)Nc1ccc(C)cn1)NCCc1csc(C)n1. The van der Waals surface area contributed by atoms with Gasteiger partial charge in [-0.25, -0.2) is 9.97 Å². The maximum absolute atomic E-state index is 12.0. The minimum atomic E-state index is -0.0982. The van der Waals surface area contributed by atoms with Crippen LogP contribution in [0.2, 0.25) is 0 Å². The van der Waals surface area contributed by atoms with Gasteiger partial charge >= 0.3 is 0 Å². The Morgan fingerprint density at radius 2 is 2.12 bits per heavy atom. The predicted octanol–water partition coefficient (Wildman–Crippen LogP) is 2.28. The van der Waals surface area contributed by atoms with Crippen LogP contribution >= 0.6 is 11.3 Å². The number of hydrogen-bond acceptors (Lipinski definition) is 5. The van der Waals surface area contributed by atoms with Gasteiger partial charge in [0.15, 0.2) is 5.96 Å². The maximum atomic E-state index is 12.0. The van der Waals surface area contributed by atoms with Gasteiger partial charge in [-0.2, -0.15) is 0 Å². The molecule has 3 N–H and O–H groups in total. The third-order valence-corrected chi connectivity index (χ3v) is 4.29. The molecule has 2 heterocycles. The number of rotatable bonds is 8.